The van der Waals surface area contributed by atoms with Crippen molar-refractivity contribution in [1.29, 1.82) is 0 Å². The summed E-state index contributed by atoms with van der Waals surface area (Å²) in [5.74, 6) is 0.0697. The Morgan fingerprint density at radius 3 is 2.31 bits per heavy atom. The predicted molar refractivity (Wildman–Crippen MR) is 111 cm³/mol. The van der Waals surface area contributed by atoms with Crippen LogP contribution in [0.2, 0.25) is 0 Å². The molecule has 1 aliphatic rings. The molecule has 2 aromatic rings. The average Bonchev–Trinajstić information content (AvgIpc) is 2.77. The van der Waals surface area contributed by atoms with Crippen LogP contribution >= 0.6 is 0 Å². The zero-order chi connectivity index (χ0) is 20.5. The van der Waals surface area contributed by atoms with E-state index >= 15 is 0 Å². The maximum Gasteiger partial charge on any atom is 0.274 e. The molecule has 3 rings (SSSR count). The second-order valence-corrected chi connectivity index (χ2v) is 7.65. The predicted octanol–water partition coefficient (Wildman–Crippen LogP) is 2.77. The number of likely N-dealkylation sites (tertiary alicyclic amines) is 1. The van der Waals surface area contributed by atoms with Crippen LogP contribution in [0.25, 0.3) is 0 Å². The van der Waals surface area contributed by atoms with Crippen LogP contribution < -0.4 is 10.8 Å². The summed E-state index contributed by atoms with van der Waals surface area (Å²) in [5.41, 5.74) is 4.34. The SMILES string of the molecule is O=C(CCc1ccc(C(=O)NO)cc1)NCC1CCN(Cc2ccccc2)CC1. The Hall–Kier alpha value is -2.70. The van der Waals surface area contributed by atoms with E-state index in [1.165, 1.54) is 5.56 Å². The summed E-state index contributed by atoms with van der Waals surface area (Å²) in [6.07, 6.45) is 3.28. The molecular weight excluding hydrogens is 366 g/mol. The molecule has 0 unspecified atom stereocenters. The Morgan fingerprint density at radius 1 is 0.966 bits per heavy atom. The van der Waals surface area contributed by atoms with Crippen molar-refractivity contribution < 1.29 is 14.8 Å². The van der Waals surface area contributed by atoms with Gasteiger partial charge in [-0.3, -0.25) is 19.7 Å². The molecule has 29 heavy (non-hydrogen) atoms. The van der Waals surface area contributed by atoms with E-state index in [1.807, 2.05) is 6.07 Å². The van der Waals surface area contributed by atoms with Gasteiger partial charge in [-0.05, 0) is 61.5 Å². The number of piperidine rings is 1. The van der Waals surface area contributed by atoms with Crippen molar-refractivity contribution in [2.75, 3.05) is 19.6 Å². The van der Waals surface area contributed by atoms with Gasteiger partial charge < -0.3 is 5.32 Å². The summed E-state index contributed by atoms with van der Waals surface area (Å²) >= 11 is 0. The number of hydrogen-bond donors (Lipinski definition) is 3. The molecule has 6 heteroatoms. The molecule has 0 saturated carbocycles. The second kappa shape index (κ2) is 10.7. The number of nitrogens with zero attached hydrogens (tertiary/aromatic N) is 1. The molecule has 0 bridgehead atoms. The largest absolute Gasteiger partial charge is 0.356 e. The number of rotatable bonds is 8. The fraction of sp³-hybridized carbons (Fsp3) is 0.391. The van der Waals surface area contributed by atoms with Crippen molar-refractivity contribution in [3.8, 4) is 0 Å². The smallest absolute Gasteiger partial charge is 0.274 e. The van der Waals surface area contributed by atoms with E-state index in [-0.39, 0.29) is 5.91 Å². The van der Waals surface area contributed by atoms with Crippen molar-refractivity contribution in [3.05, 3.63) is 71.3 Å². The van der Waals surface area contributed by atoms with Gasteiger partial charge in [0.05, 0.1) is 0 Å². The van der Waals surface area contributed by atoms with E-state index in [9.17, 15) is 9.59 Å². The molecule has 0 radical (unpaired) electrons. The zero-order valence-electron chi connectivity index (χ0n) is 16.6. The van der Waals surface area contributed by atoms with Gasteiger partial charge in [-0.25, -0.2) is 5.48 Å². The lowest BCUT2D eigenvalue weighted by Gasteiger charge is -2.32. The van der Waals surface area contributed by atoms with Crippen LogP contribution in [0.1, 0.15) is 40.7 Å². The fourth-order valence-electron chi connectivity index (χ4n) is 3.68. The highest BCUT2D eigenvalue weighted by molar-refractivity contribution is 5.93. The molecule has 1 heterocycles. The first kappa shape index (κ1) is 21.0. The fourth-order valence-corrected chi connectivity index (χ4v) is 3.68. The highest BCUT2D eigenvalue weighted by Gasteiger charge is 2.19. The number of hydrogen-bond acceptors (Lipinski definition) is 4. The molecule has 154 valence electrons. The summed E-state index contributed by atoms with van der Waals surface area (Å²) in [7, 11) is 0. The summed E-state index contributed by atoms with van der Waals surface area (Å²) in [4.78, 5) is 26.0. The number of carbonyl (C=O) groups is 2. The first-order valence-corrected chi connectivity index (χ1v) is 10.2. The third kappa shape index (κ3) is 6.69. The van der Waals surface area contributed by atoms with Gasteiger partial charge in [-0.15, -0.1) is 0 Å². The van der Waals surface area contributed by atoms with E-state index in [4.69, 9.17) is 5.21 Å². The van der Waals surface area contributed by atoms with Crippen molar-refractivity contribution in [3.63, 3.8) is 0 Å². The monoisotopic (exact) mass is 395 g/mol. The second-order valence-electron chi connectivity index (χ2n) is 7.65. The van der Waals surface area contributed by atoms with Crippen LogP contribution in [-0.4, -0.2) is 41.6 Å². The Morgan fingerprint density at radius 2 is 1.66 bits per heavy atom. The van der Waals surface area contributed by atoms with E-state index < -0.39 is 5.91 Å². The van der Waals surface area contributed by atoms with Crippen LogP contribution in [0.4, 0.5) is 0 Å². The normalized spacial score (nSPS) is 15.1. The van der Waals surface area contributed by atoms with Crippen LogP contribution in [-0.2, 0) is 17.8 Å². The topological polar surface area (TPSA) is 81.7 Å². The summed E-state index contributed by atoms with van der Waals surface area (Å²) < 4.78 is 0. The molecule has 6 nitrogen and oxygen atoms in total. The minimum absolute atomic E-state index is 0.0638. The lowest BCUT2D eigenvalue weighted by atomic mass is 9.96. The van der Waals surface area contributed by atoms with Gasteiger partial charge in [0.2, 0.25) is 5.91 Å². The van der Waals surface area contributed by atoms with Gasteiger partial charge in [0, 0.05) is 25.1 Å². The van der Waals surface area contributed by atoms with E-state index in [2.05, 4.69) is 34.5 Å². The van der Waals surface area contributed by atoms with E-state index in [1.54, 1.807) is 29.7 Å². The minimum Gasteiger partial charge on any atom is -0.356 e. The molecule has 2 aromatic carbocycles. The third-order valence-electron chi connectivity index (χ3n) is 5.50. The molecule has 3 N–H and O–H groups in total. The number of nitrogens with one attached hydrogen (secondary N) is 2. The third-order valence-corrected chi connectivity index (χ3v) is 5.50. The quantitative estimate of drug-likeness (QED) is 0.474. The number of benzene rings is 2. The van der Waals surface area contributed by atoms with Gasteiger partial charge in [0.25, 0.3) is 5.91 Å². The molecule has 0 aliphatic carbocycles. The Labute approximate surface area is 171 Å². The van der Waals surface area contributed by atoms with Gasteiger partial charge >= 0.3 is 0 Å². The first-order chi connectivity index (χ1) is 14.1. The van der Waals surface area contributed by atoms with E-state index in [0.717, 1.165) is 44.6 Å². The Kier molecular flexibility index (Phi) is 7.78. The molecule has 1 saturated heterocycles. The summed E-state index contributed by atoms with van der Waals surface area (Å²) in [5, 5.41) is 11.7. The lowest BCUT2D eigenvalue weighted by Crippen LogP contribution is -2.38. The van der Waals surface area contributed by atoms with Crippen molar-refractivity contribution >= 4 is 11.8 Å². The van der Waals surface area contributed by atoms with Gasteiger partial charge in [0.15, 0.2) is 0 Å². The standard InChI is InChI=1S/C23H29N3O3/c27-22(11-8-18-6-9-21(10-7-18)23(28)25-29)24-16-19-12-14-26(15-13-19)17-20-4-2-1-3-5-20/h1-7,9-10,19,29H,8,11-17H2,(H,24,27)(H,25,28). The Bertz CT molecular complexity index is 785. The van der Waals surface area contributed by atoms with Crippen molar-refractivity contribution in [2.24, 2.45) is 5.92 Å². The molecule has 1 aliphatic heterocycles. The van der Waals surface area contributed by atoms with Crippen LogP contribution in [0.15, 0.2) is 54.6 Å². The van der Waals surface area contributed by atoms with Crippen molar-refractivity contribution in [2.45, 2.75) is 32.2 Å². The number of amides is 2. The molecule has 0 atom stereocenters. The number of hydroxylamine groups is 1. The van der Waals surface area contributed by atoms with Crippen molar-refractivity contribution in [1.82, 2.24) is 15.7 Å². The summed E-state index contributed by atoms with van der Waals surface area (Å²) in [6, 6.07) is 17.4. The average molecular weight is 396 g/mol. The summed E-state index contributed by atoms with van der Waals surface area (Å²) in [6.45, 7) is 3.89. The zero-order valence-corrected chi connectivity index (χ0v) is 16.6. The maximum absolute atomic E-state index is 12.2. The van der Waals surface area contributed by atoms with Crippen LogP contribution in [0, 0.1) is 5.92 Å². The molecule has 2 amide bonds. The molecular formula is C23H29N3O3. The number of aryl methyl sites for hydroxylation is 1. The highest BCUT2D eigenvalue weighted by Crippen LogP contribution is 2.18. The Balaban J connectivity index is 1.32. The minimum atomic E-state index is -0.538. The lowest BCUT2D eigenvalue weighted by molar-refractivity contribution is -0.121. The van der Waals surface area contributed by atoms with E-state index in [0.29, 0.717) is 24.3 Å². The molecule has 0 spiro atoms. The van der Waals surface area contributed by atoms with Gasteiger partial charge in [0.1, 0.15) is 0 Å². The van der Waals surface area contributed by atoms with Gasteiger partial charge in [-0.2, -0.15) is 0 Å². The van der Waals surface area contributed by atoms with Crippen LogP contribution in [0.3, 0.4) is 0 Å². The van der Waals surface area contributed by atoms with Gasteiger partial charge in [-0.1, -0.05) is 42.5 Å². The molecule has 1 fully saturated rings. The molecule has 0 aromatic heterocycles. The highest BCUT2D eigenvalue weighted by atomic mass is 16.5. The maximum atomic E-state index is 12.2. The number of carbonyl (C=O) groups excluding carboxylic acids is 2. The van der Waals surface area contributed by atoms with Crippen LogP contribution in [0.5, 0.6) is 0 Å². The first-order valence-electron chi connectivity index (χ1n) is 10.2.